The van der Waals surface area contributed by atoms with E-state index in [1.807, 2.05) is 0 Å². The molecule has 0 aliphatic heterocycles. The van der Waals surface area contributed by atoms with E-state index in [-0.39, 0.29) is 30.6 Å². The number of esters is 1. The minimum Gasteiger partial charge on any atom is -0.469 e. The quantitative estimate of drug-likeness (QED) is 0.548. The van der Waals surface area contributed by atoms with Crippen molar-refractivity contribution in [1.82, 2.24) is 4.90 Å². The van der Waals surface area contributed by atoms with Crippen LogP contribution in [0.15, 0.2) is 54.6 Å². The Morgan fingerprint density at radius 2 is 1.59 bits per heavy atom. The fourth-order valence-corrected chi connectivity index (χ4v) is 2.50. The van der Waals surface area contributed by atoms with Crippen LogP contribution in [-0.2, 0) is 20.9 Å². The van der Waals surface area contributed by atoms with Gasteiger partial charge in [0.25, 0.3) is 0 Å². The number of benzene rings is 2. The van der Waals surface area contributed by atoms with Crippen LogP contribution >= 0.6 is 0 Å². The van der Waals surface area contributed by atoms with Crippen LogP contribution in [0.2, 0.25) is 0 Å². The normalized spacial score (nSPS) is 12.0. The molecule has 2 rings (SSSR count). The minimum absolute atomic E-state index is 0.149. The zero-order valence-electron chi connectivity index (χ0n) is 15.2. The summed E-state index contributed by atoms with van der Waals surface area (Å²) in [6, 6.07) is 11.5. The third kappa shape index (κ3) is 6.33. The largest absolute Gasteiger partial charge is 0.469 e. The highest BCUT2D eigenvalue weighted by Gasteiger charge is 2.20. The molecule has 0 saturated heterocycles. The molecule has 2 aromatic carbocycles. The Morgan fingerprint density at radius 1 is 1.04 bits per heavy atom. The molecule has 0 fully saturated rings. The molecule has 6 heteroatoms. The van der Waals surface area contributed by atoms with E-state index in [0.717, 1.165) is 5.56 Å². The molecule has 0 N–H and O–H groups in total. The minimum atomic E-state index is -0.515. The van der Waals surface area contributed by atoms with Gasteiger partial charge in [-0.3, -0.25) is 9.59 Å². The molecular formula is C21H21F2NO3. The summed E-state index contributed by atoms with van der Waals surface area (Å²) >= 11 is 0. The van der Waals surface area contributed by atoms with Gasteiger partial charge in [0.15, 0.2) is 0 Å². The maximum absolute atomic E-state index is 13.1. The summed E-state index contributed by atoms with van der Waals surface area (Å²) in [6.45, 7) is 2.03. The van der Waals surface area contributed by atoms with Crippen molar-refractivity contribution in [2.45, 2.75) is 13.5 Å². The smallest absolute Gasteiger partial charge is 0.310 e. The molecule has 0 heterocycles. The van der Waals surface area contributed by atoms with Crippen LogP contribution in [0, 0.1) is 17.6 Å². The fourth-order valence-electron chi connectivity index (χ4n) is 2.50. The Bertz CT molecular complexity index is 801. The van der Waals surface area contributed by atoms with E-state index in [4.69, 9.17) is 4.74 Å². The van der Waals surface area contributed by atoms with Crippen LogP contribution in [-0.4, -0.2) is 30.4 Å². The first-order valence-corrected chi connectivity index (χ1v) is 8.44. The predicted octanol–water partition coefficient (Wildman–Crippen LogP) is 3.82. The summed E-state index contributed by atoms with van der Waals surface area (Å²) in [4.78, 5) is 25.8. The summed E-state index contributed by atoms with van der Waals surface area (Å²) in [5, 5.41) is 0. The molecule has 0 spiro atoms. The van der Waals surface area contributed by atoms with E-state index in [1.165, 1.54) is 42.4 Å². The van der Waals surface area contributed by atoms with E-state index < -0.39 is 11.9 Å². The molecule has 142 valence electrons. The second kappa shape index (κ2) is 9.62. The van der Waals surface area contributed by atoms with Crippen LogP contribution in [0.4, 0.5) is 8.78 Å². The monoisotopic (exact) mass is 373 g/mol. The van der Waals surface area contributed by atoms with Crippen molar-refractivity contribution in [2.24, 2.45) is 5.92 Å². The number of amides is 1. The first kappa shape index (κ1) is 20.3. The highest BCUT2D eigenvalue weighted by Crippen LogP contribution is 2.12. The lowest BCUT2D eigenvalue weighted by atomic mass is 10.1. The lowest BCUT2D eigenvalue weighted by Gasteiger charge is -2.24. The van der Waals surface area contributed by atoms with Crippen LogP contribution in [0.1, 0.15) is 18.1 Å². The zero-order chi connectivity index (χ0) is 19.8. The molecule has 1 atom stereocenters. The Kier molecular flexibility index (Phi) is 7.23. The molecule has 0 aromatic heterocycles. The lowest BCUT2D eigenvalue weighted by Crippen LogP contribution is -2.35. The first-order chi connectivity index (χ1) is 12.9. The molecule has 0 bridgehead atoms. The first-order valence-electron chi connectivity index (χ1n) is 8.44. The zero-order valence-corrected chi connectivity index (χ0v) is 15.2. The van der Waals surface area contributed by atoms with Gasteiger partial charge in [0.1, 0.15) is 11.6 Å². The Balaban J connectivity index is 2.15. The number of hydrogen-bond acceptors (Lipinski definition) is 3. The molecule has 0 radical (unpaired) electrons. The molecule has 1 unspecified atom stereocenters. The Labute approximate surface area is 157 Å². The van der Waals surface area contributed by atoms with Crippen LogP contribution in [0.3, 0.4) is 0 Å². The van der Waals surface area contributed by atoms with E-state index in [9.17, 15) is 18.4 Å². The van der Waals surface area contributed by atoms with E-state index in [1.54, 1.807) is 37.3 Å². The van der Waals surface area contributed by atoms with Gasteiger partial charge in [-0.05, 0) is 41.5 Å². The van der Waals surface area contributed by atoms with Gasteiger partial charge >= 0.3 is 5.97 Å². The number of carbonyl (C=O) groups is 2. The van der Waals surface area contributed by atoms with E-state index in [2.05, 4.69) is 0 Å². The van der Waals surface area contributed by atoms with Gasteiger partial charge in [-0.15, -0.1) is 0 Å². The Hall–Kier alpha value is -3.02. The third-order valence-electron chi connectivity index (χ3n) is 3.98. The van der Waals surface area contributed by atoms with E-state index in [0.29, 0.717) is 5.56 Å². The maximum Gasteiger partial charge on any atom is 0.310 e. The Morgan fingerprint density at radius 3 is 2.15 bits per heavy atom. The average Bonchev–Trinajstić information content (AvgIpc) is 2.67. The average molecular weight is 373 g/mol. The molecule has 27 heavy (non-hydrogen) atoms. The van der Waals surface area contributed by atoms with Gasteiger partial charge in [-0.25, -0.2) is 8.78 Å². The van der Waals surface area contributed by atoms with Crippen LogP contribution < -0.4 is 0 Å². The van der Waals surface area contributed by atoms with Crippen LogP contribution in [0.25, 0.3) is 6.08 Å². The number of methoxy groups -OCH3 is 1. The lowest BCUT2D eigenvalue weighted by molar-refractivity contribution is -0.146. The molecule has 4 nitrogen and oxygen atoms in total. The van der Waals surface area contributed by atoms with Gasteiger partial charge in [0, 0.05) is 19.2 Å². The summed E-state index contributed by atoms with van der Waals surface area (Å²) in [6.07, 6.45) is 2.93. The van der Waals surface area contributed by atoms with Gasteiger partial charge in [0.2, 0.25) is 5.91 Å². The van der Waals surface area contributed by atoms with Gasteiger partial charge in [-0.1, -0.05) is 31.2 Å². The molecule has 0 saturated carbocycles. The fraction of sp³-hybridized carbons (Fsp3) is 0.238. The number of ether oxygens (including phenoxy) is 1. The number of hydrogen-bond donors (Lipinski definition) is 0. The molecule has 1 amide bonds. The van der Waals surface area contributed by atoms with Crippen molar-refractivity contribution in [3.63, 3.8) is 0 Å². The van der Waals surface area contributed by atoms with E-state index >= 15 is 0 Å². The topological polar surface area (TPSA) is 46.6 Å². The van der Waals surface area contributed by atoms with Crippen molar-refractivity contribution in [3.8, 4) is 0 Å². The van der Waals surface area contributed by atoms with Crippen molar-refractivity contribution >= 4 is 18.0 Å². The molecular weight excluding hydrogens is 352 g/mol. The predicted molar refractivity (Wildman–Crippen MR) is 98.4 cm³/mol. The number of rotatable bonds is 7. The van der Waals surface area contributed by atoms with Crippen LogP contribution in [0.5, 0.6) is 0 Å². The summed E-state index contributed by atoms with van der Waals surface area (Å²) < 4.78 is 30.8. The summed E-state index contributed by atoms with van der Waals surface area (Å²) in [7, 11) is 1.29. The summed E-state index contributed by atoms with van der Waals surface area (Å²) in [5.41, 5.74) is 1.41. The maximum atomic E-state index is 13.1. The number of nitrogens with zero attached hydrogens (tertiary/aromatic N) is 1. The summed E-state index contributed by atoms with van der Waals surface area (Å²) in [5.74, 6) is -1.98. The van der Waals surface area contributed by atoms with Crippen molar-refractivity contribution < 1.29 is 23.1 Å². The van der Waals surface area contributed by atoms with Gasteiger partial charge in [-0.2, -0.15) is 0 Å². The SMILES string of the molecule is COC(=O)C(C)CN(Cc1ccc(F)cc1)C(=O)/C=C/c1ccc(F)cc1. The number of carbonyl (C=O) groups excluding carboxylic acids is 2. The number of halogens is 2. The van der Waals surface area contributed by atoms with Gasteiger partial charge < -0.3 is 9.64 Å². The second-order valence-corrected chi connectivity index (χ2v) is 6.15. The van der Waals surface area contributed by atoms with Crippen molar-refractivity contribution in [2.75, 3.05) is 13.7 Å². The molecule has 2 aromatic rings. The highest BCUT2D eigenvalue weighted by molar-refractivity contribution is 5.92. The molecule has 0 aliphatic rings. The standard InChI is InChI=1S/C21H21F2NO3/c1-15(21(26)27-2)13-24(14-17-5-10-19(23)11-6-17)20(25)12-7-16-3-8-18(22)9-4-16/h3-12,15H,13-14H2,1-2H3/b12-7+. The highest BCUT2D eigenvalue weighted by atomic mass is 19.1. The second-order valence-electron chi connectivity index (χ2n) is 6.15. The third-order valence-corrected chi connectivity index (χ3v) is 3.98. The van der Waals surface area contributed by atoms with Crippen molar-refractivity contribution in [1.29, 1.82) is 0 Å². The molecule has 0 aliphatic carbocycles. The van der Waals surface area contributed by atoms with Gasteiger partial charge in [0.05, 0.1) is 13.0 Å². The van der Waals surface area contributed by atoms with Crippen molar-refractivity contribution in [3.05, 3.63) is 77.4 Å².